The number of nitrogens with zero attached hydrogens (tertiary/aromatic N) is 2. The lowest BCUT2D eigenvalue weighted by Gasteiger charge is -2.42. The molecule has 0 aromatic heterocycles. The quantitative estimate of drug-likeness (QED) is 0.436. The van der Waals surface area contributed by atoms with Gasteiger partial charge in [0.1, 0.15) is 5.82 Å². The molecule has 1 saturated heterocycles. The van der Waals surface area contributed by atoms with E-state index in [9.17, 15) is 28.4 Å². The van der Waals surface area contributed by atoms with Crippen LogP contribution in [0.5, 0.6) is 0 Å². The third-order valence-corrected chi connectivity index (χ3v) is 5.81. The molecule has 1 atom stereocenters. The van der Waals surface area contributed by atoms with Crippen molar-refractivity contribution in [2.75, 3.05) is 0 Å². The summed E-state index contributed by atoms with van der Waals surface area (Å²) in [4.78, 5) is 68.0. The molecule has 1 unspecified atom stereocenters. The van der Waals surface area contributed by atoms with Gasteiger partial charge in [-0.1, -0.05) is 61.5 Å². The van der Waals surface area contributed by atoms with Crippen LogP contribution in [0.3, 0.4) is 0 Å². The first-order valence-electron chi connectivity index (χ1n) is 10.5. The number of hydrogen-bond acceptors (Lipinski definition) is 5. The van der Waals surface area contributed by atoms with E-state index < -0.39 is 40.9 Å². The van der Waals surface area contributed by atoms with E-state index in [2.05, 4.69) is 0 Å². The van der Waals surface area contributed by atoms with Gasteiger partial charge in [0.2, 0.25) is 0 Å². The first-order valence-corrected chi connectivity index (χ1v) is 10.5. The highest BCUT2D eigenvalue weighted by molar-refractivity contribution is 6.35. The Bertz CT molecular complexity index is 1310. The molecule has 8 heteroatoms. The Balaban J connectivity index is 1.92. The molecule has 3 aromatic carbocycles. The van der Waals surface area contributed by atoms with Gasteiger partial charge in [0.15, 0.2) is 5.41 Å². The van der Waals surface area contributed by atoms with Crippen LogP contribution in [0.1, 0.15) is 39.6 Å². The predicted molar refractivity (Wildman–Crippen MR) is 119 cm³/mol. The summed E-state index contributed by atoms with van der Waals surface area (Å²) in [6, 6.07) is 18.6. The average Bonchev–Trinajstić information content (AvgIpc) is 2.85. The van der Waals surface area contributed by atoms with Gasteiger partial charge in [-0.3, -0.25) is 19.2 Å². The van der Waals surface area contributed by atoms with Crippen molar-refractivity contribution < 1.29 is 28.4 Å². The van der Waals surface area contributed by atoms with E-state index >= 15 is 0 Å². The Morgan fingerprint density at radius 1 is 0.735 bits per heavy atom. The van der Waals surface area contributed by atoms with Crippen molar-refractivity contribution in [2.24, 2.45) is 0 Å². The normalized spacial score (nSPS) is 18.2. The fraction of sp³-hybridized carbons (Fsp3) is 0.115. The first kappa shape index (κ1) is 22.7. The Kier molecular flexibility index (Phi) is 5.89. The molecule has 0 aliphatic carbocycles. The summed E-state index contributed by atoms with van der Waals surface area (Å²) in [6.07, 6.45) is -0.131. The first-order chi connectivity index (χ1) is 16.3. The maximum Gasteiger partial charge on any atom is 0.347 e. The molecule has 0 saturated carbocycles. The van der Waals surface area contributed by atoms with Crippen LogP contribution in [0, 0.1) is 5.82 Å². The number of carbonyl (C=O) groups excluding carboxylic acids is 5. The van der Waals surface area contributed by atoms with E-state index in [0.717, 1.165) is 12.1 Å². The minimum Gasteiger partial charge on any atom is -0.272 e. The third-order valence-electron chi connectivity index (χ3n) is 5.81. The number of rotatable bonds is 4. The van der Waals surface area contributed by atoms with Gasteiger partial charge < -0.3 is 0 Å². The zero-order valence-electron chi connectivity index (χ0n) is 18.1. The van der Waals surface area contributed by atoms with E-state index in [1.165, 1.54) is 36.4 Å². The van der Waals surface area contributed by atoms with Gasteiger partial charge in [-0.25, -0.2) is 9.18 Å². The lowest BCUT2D eigenvalue weighted by atomic mass is 9.74. The Morgan fingerprint density at radius 3 is 1.76 bits per heavy atom. The molecule has 1 fully saturated rings. The number of imide groups is 6. The summed E-state index contributed by atoms with van der Waals surface area (Å²) in [6.45, 7) is 1.55. The fourth-order valence-corrected chi connectivity index (χ4v) is 4.04. The van der Waals surface area contributed by atoms with E-state index in [4.69, 9.17) is 0 Å². The van der Waals surface area contributed by atoms with Gasteiger partial charge >= 0.3 is 6.03 Å². The second-order valence-electron chi connectivity index (χ2n) is 7.68. The van der Waals surface area contributed by atoms with Crippen LogP contribution in [0.15, 0.2) is 84.9 Å². The van der Waals surface area contributed by atoms with Gasteiger partial charge in [0.25, 0.3) is 23.6 Å². The number of barbiturate groups is 1. The zero-order valence-corrected chi connectivity index (χ0v) is 18.1. The maximum absolute atomic E-state index is 13.8. The summed E-state index contributed by atoms with van der Waals surface area (Å²) < 4.78 is 13.8. The maximum atomic E-state index is 13.8. The smallest absolute Gasteiger partial charge is 0.272 e. The molecule has 34 heavy (non-hydrogen) atoms. The summed E-state index contributed by atoms with van der Waals surface area (Å²) in [5.74, 6) is -5.01. The van der Waals surface area contributed by atoms with E-state index in [0.29, 0.717) is 4.90 Å². The van der Waals surface area contributed by atoms with E-state index in [1.54, 1.807) is 43.3 Å². The van der Waals surface area contributed by atoms with Crippen LogP contribution in [0.25, 0.3) is 0 Å². The Hall–Kier alpha value is -4.46. The second-order valence-corrected chi connectivity index (χ2v) is 7.68. The molecule has 1 aliphatic heterocycles. The average molecular weight is 458 g/mol. The molecular weight excluding hydrogens is 439 g/mol. The second kappa shape index (κ2) is 8.82. The predicted octanol–water partition coefficient (Wildman–Crippen LogP) is 3.95. The van der Waals surface area contributed by atoms with Crippen molar-refractivity contribution in [3.05, 3.63) is 107 Å². The number of carbonyl (C=O) groups is 5. The number of urea groups is 1. The number of amides is 6. The van der Waals surface area contributed by atoms with E-state index in [-0.39, 0.29) is 28.0 Å². The van der Waals surface area contributed by atoms with Crippen LogP contribution >= 0.6 is 0 Å². The number of hydrogen-bond donors (Lipinski definition) is 0. The SMILES string of the molecule is CCC1(c2ccccc2)C(=O)N(C(=O)c2ccccc2)C(=O)N(C(=O)c2cccc(F)c2)C1=O. The highest BCUT2D eigenvalue weighted by Crippen LogP contribution is 2.38. The number of halogens is 1. The summed E-state index contributed by atoms with van der Waals surface area (Å²) in [5, 5.41) is 0. The Morgan fingerprint density at radius 2 is 1.24 bits per heavy atom. The monoisotopic (exact) mass is 458 g/mol. The minimum atomic E-state index is -2.01. The topological polar surface area (TPSA) is 91.8 Å². The van der Waals surface area contributed by atoms with Crippen molar-refractivity contribution in [1.82, 2.24) is 9.80 Å². The zero-order chi connectivity index (χ0) is 24.5. The summed E-state index contributed by atoms with van der Waals surface area (Å²) >= 11 is 0. The molecule has 1 aliphatic rings. The van der Waals surface area contributed by atoms with Gasteiger partial charge in [-0.15, -0.1) is 0 Å². The van der Waals surface area contributed by atoms with Crippen molar-refractivity contribution in [3.63, 3.8) is 0 Å². The molecule has 170 valence electrons. The minimum absolute atomic E-state index is 0.0229. The largest absolute Gasteiger partial charge is 0.347 e. The van der Waals surface area contributed by atoms with Gasteiger partial charge in [0.05, 0.1) is 0 Å². The van der Waals surface area contributed by atoms with Gasteiger partial charge in [0, 0.05) is 11.1 Å². The Labute approximate surface area is 194 Å². The standard InChI is InChI=1S/C26H19FN2O5/c1-2-26(19-13-7-4-8-14-19)23(32)28(21(30)17-10-5-3-6-11-17)25(34)29(24(26)33)22(31)18-12-9-15-20(27)16-18/h3-16H,2H2,1H3. The molecule has 1 heterocycles. The van der Waals surface area contributed by atoms with Crippen molar-refractivity contribution in [3.8, 4) is 0 Å². The van der Waals surface area contributed by atoms with Gasteiger partial charge in [-0.2, -0.15) is 9.80 Å². The van der Waals surface area contributed by atoms with Crippen molar-refractivity contribution >= 4 is 29.7 Å². The lowest BCUT2D eigenvalue weighted by molar-refractivity contribution is -0.148. The highest BCUT2D eigenvalue weighted by atomic mass is 19.1. The van der Waals surface area contributed by atoms with Crippen LogP contribution in [0.4, 0.5) is 9.18 Å². The molecule has 6 amide bonds. The molecule has 7 nitrogen and oxygen atoms in total. The third kappa shape index (κ3) is 3.49. The summed E-state index contributed by atoms with van der Waals surface area (Å²) in [5.41, 5.74) is -2.04. The molecule has 3 aromatic rings. The lowest BCUT2D eigenvalue weighted by Crippen LogP contribution is -2.69. The van der Waals surface area contributed by atoms with Crippen LogP contribution < -0.4 is 0 Å². The molecule has 0 bridgehead atoms. The van der Waals surface area contributed by atoms with Gasteiger partial charge in [-0.05, 0) is 42.3 Å². The molecule has 0 N–H and O–H groups in total. The molecule has 0 spiro atoms. The van der Waals surface area contributed by atoms with Crippen molar-refractivity contribution in [2.45, 2.75) is 18.8 Å². The molecule has 0 radical (unpaired) electrons. The van der Waals surface area contributed by atoms with Crippen LogP contribution in [-0.4, -0.2) is 39.5 Å². The fourth-order valence-electron chi connectivity index (χ4n) is 4.04. The van der Waals surface area contributed by atoms with Crippen LogP contribution in [-0.2, 0) is 15.0 Å². The van der Waals surface area contributed by atoms with E-state index in [1.807, 2.05) is 0 Å². The van der Waals surface area contributed by atoms with Crippen LogP contribution in [0.2, 0.25) is 0 Å². The highest BCUT2D eigenvalue weighted by Gasteiger charge is 2.60. The molecule has 4 rings (SSSR count). The summed E-state index contributed by atoms with van der Waals surface area (Å²) in [7, 11) is 0. The molecular formula is C26H19FN2O5. The number of benzene rings is 3. The van der Waals surface area contributed by atoms with Crippen molar-refractivity contribution in [1.29, 1.82) is 0 Å².